The predicted molar refractivity (Wildman–Crippen MR) is 98.3 cm³/mol. The van der Waals surface area contributed by atoms with E-state index in [9.17, 15) is 4.79 Å². The molecule has 1 amide bonds. The number of ether oxygens (including phenoxy) is 1. The van der Waals surface area contributed by atoms with Crippen molar-refractivity contribution in [1.82, 2.24) is 4.90 Å². The number of hydrogen-bond acceptors (Lipinski definition) is 4. The molecule has 0 aromatic heterocycles. The lowest BCUT2D eigenvalue weighted by molar-refractivity contribution is -0.120. The maximum Gasteiger partial charge on any atom is 0.241 e. The lowest BCUT2D eigenvalue weighted by Gasteiger charge is -2.24. The molecule has 0 saturated carbocycles. The van der Waals surface area contributed by atoms with E-state index in [1.54, 1.807) is 24.3 Å². The summed E-state index contributed by atoms with van der Waals surface area (Å²) < 4.78 is 5.44. The van der Waals surface area contributed by atoms with Crippen LogP contribution in [-0.2, 0) is 11.3 Å². The first-order chi connectivity index (χ1) is 12.0. The highest BCUT2D eigenvalue weighted by molar-refractivity contribution is 5.94. The lowest BCUT2D eigenvalue weighted by Crippen LogP contribution is -2.39. The zero-order valence-corrected chi connectivity index (χ0v) is 14.8. The molecule has 0 heterocycles. The number of rotatable bonds is 7. The van der Waals surface area contributed by atoms with Crippen molar-refractivity contribution in [2.75, 3.05) is 19.0 Å². The first-order valence-electron chi connectivity index (χ1n) is 8.26. The summed E-state index contributed by atoms with van der Waals surface area (Å²) >= 11 is 0. The van der Waals surface area contributed by atoms with Crippen molar-refractivity contribution in [2.45, 2.75) is 26.4 Å². The topological polar surface area (TPSA) is 65.4 Å². The van der Waals surface area contributed by atoms with E-state index in [-0.39, 0.29) is 11.9 Å². The standard InChI is InChI=1S/C20H23N3O2/c1-4-25-19-10-8-16(9-11-19)14-23(3)15(2)20(24)22-18-7-5-6-17(12-18)13-21/h5-12,15H,4,14H2,1-3H3,(H,22,24). The Hall–Kier alpha value is -2.84. The zero-order valence-electron chi connectivity index (χ0n) is 14.8. The molecule has 130 valence electrons. The van der Waals surface area contributed by atoms with Gasteiger partial charge in [-0.2, -0.15) is 5.26 Å². The van der Waals surface area contributed by atoms with E-state index in [2.05, 4.69) is 11.4 Å². The number of carbonyl (C=O) groups excluding carboxylic acids is 1. The van der Waals surface area contributed by atoms with Gasteiger partial charge in [-0.25, -0.2) is 0 Å². The highest BCUT2D eigenvalue weighted by Gasteiger charge is 2.18. The minimum atomic E-state index is -0.308. The molecule has 0 spiro atoms. The molecule has 5 nitrogen and oxygen atoms in total. The van der Waals surface area contributed by atoms with Gasteiger partial charge in [0.05, 0.1) is 24.3 Å². The molecule has 0 bridgehead atoms. The number of nitriles is 1. The zero-order chi connectivity index (χ0) is 18.2. The Kier molecular flexibility index (Phi) is 6.55. The first kappa shape index (κ1) is 18.5. The average Bonchev–Trinajstić information content (AvgIpc) is 2.63. The molecule has 0 fully saturated rings. The molecule has 2 aromatic rings. The summed E-state index contributed by atoms with van der Waals surface area (Å²) in [5, 5.41) is 11.8. The van der Waals surface area contributed by atoms with Crippen LogP contribution in [-0.4, -0.2) is 30.5 Å². The largest absolute Gasteiger partial charge is 0.494 e. The fraction of sp³-hybridized carbons (Fsp3) is 0.300. The molecule has 5 heteroatoms. The SMILES string of the molecule is CCOc1ccc(CN(C)C(C)C(=O)Nc2cccc(C#N)c2)cc1. The van der Waals surface area contributed by atoms with Crippen LogP contribution in [0.1, 0.15) is 25.0 Å². The van der Waals surface area contributed by atoms with Gasteiger partial charge in [-0.3, -0.25) is 9.69 Å². The molecule has 2 aromatic carbocycles. The number of benzene rings is 2. The second kappa shape index (κ2) is 8.86. The summed E-state index contributed by atoms with van der Waals surface area (Å²) in [6, 6.07) is 16.5. The molecule has 2 rings (SSSR count). The smallest absolute Gasteiger partial charge is 0.241 e. The number of likely N-dealkylation sites (N-methyl/N-ethyl adjacent to an activating group) is 1. The van der Waals surface area contributed by atoms with E-state index in [1.165, 1.54) is 0 Å². The summed E-state index contributed by atoms with van der Waals surface area (Å²) in [6.45, 7) is 5.11. The Bertz CT molecular complexity index is 750. The third-order valence-corrected chi connectivity index (χ3v) is 3.97. The lowest BCUT2D eigenvalue weighted by atomic mass is 10.1. The van der Waals surface area contributed by atoms with Crippen LogP contribution in [0, 0.1) is 11.3 Å². The monoisotopic (exact) mass is 337 g/mol. The van der Waals surface area contributed by atoms with Gasteiger partial charge in [-0.1, -0.05) is 18.2 Å². The van der Waals surface area contributed by atoms with Crippen LogP contribution in [0.3, 0.4) is 0 Å². The van der Waals surface area contributed by atoms with Gasteiger partial charge < -0.3 is 10.1 Å². The summed E-state index contributed by atoms with van der Waals surface area (Å²) in [7, 11) is 1.91. The second-order valence-electron chi connectivity index (χ2n) is 5.85. The van der Waals surface area contributed by atoms with Crippen molar-refractivity contribution in [1.29, 1.82) is 5.26 Å². The molecule has 1 unspecified atom stereocenters. The molecule has 0 aliphatic heterocycles. The number of hydrogen-bond donors (Lipinski definition) is 1. The van der Waals surface area contributed by atoms with Crippen LogP contribution in [0.2, 0.25) is 0 Å². The quantitative estimate of drug-likeness (QED) is 0.841. The molecule has 25 heavy (non-hydrogen) atoms. The van der Waals surface area contributed by atoms with Gasteiger partial charge in [0.25, 0.3) is 0 Å². The van der Waals surface area contributed by atoms with E-state index >= 15 is 0 Å². The van der Waals surface area contributed by atoms with Gasteiger partial charge in [0.1, 0.15) is 5.75 Å². The maximum atomic E-state index is 12.4. The first-order valence-corrected chi connectivity index (χ1v) is 8.26. The Labute approximate surface area is 148 Å². The van der Waals surface area contributed by atoms with Gasteiger partial charge >= 0.3 is 0 Å². The Balaban J connectivity index is 1.95. The van der Waals surface area contributed by atoms with Crippen LogP contribution < -0.4 is 10.1 Å². The molecular formula is C20H23N3O2. The van der Waals surface area contributed by atoms with Crippen molar-refractivity contribution in [2.24, 2.45) is 0 Å². The van der Waals surface area contributed by atoms with Gasteiger partial charge in [0, 0.05) is 12.2 Å². The summed E-state index contributed by atoms with van der Waals surface area (Å²) in [4.78, 5) is 14.4. The van der Waals surface area contributed by atoms with Crippen LogP contribution in [0.5, 0.6) is 5.75 Å². The molecule has 0 aliphatic carbocycles. The Morgan fingerprint density at radius 3 is 2.64 bits per heavy atom. The van der Waals surface area contributed by atoms with Crippen LogP contribution in [0.15, 0.2) is 48.5 Å². The van der Waals surface area contributed by atoms with E-state index in [0.29, 0.717) is 24.4 Å². The van der Waals surface area contributed by atoms with E-state index in [0.717, 1.165) is 11.3 Å². The van der Waals surface area contributed by atoms with Crippen molar-refractivity contribution >= 4 is 11.6 Å². The van der Waals surface area contributed by atoms with Crippen molar-refractivity contribution in [3.63, 3.8) is 0 Å². The highest BCUT2D eigenvalue weighted by Crippen LogP contribution is 2.15. The van der Waals surface area contributed by atoms with Crippen LogP contribution in [0.4, 0.5) is 5.69 Å². The maximum absolute atomic E-state index is 12.4. The molecule has 0 radical (unpaired) electrons. The molecule has 0 saturated heterocycles. The third-order valence-electron chi connectivity index (χ3n) is 3.97. The summed E-state index contributed by atoms with van der Waals surface area (Å²) in [5.41, 5.74) is 2.26. The summed E-state index contributed by atoms with van der Waals surface area (Å²) in [6.07, 6.45) is 0. The number of carbonyl (C=O) groups is 1. The van der Waals surface area contributed by atoms with Crippen LogP contribution in [0.25, 0.3) is 0 Å². The van der Waals surface area contributed by atoms with Crippen molar-refractivity contribution in [3.8, 4) is 11.8 Å². The van der Waals surface area contributed by atoms with Crippen LogP contribution >= 0.6 is 0 Å². The Morgan fingerprint density at radius 2 is 2.00 bits per heavy atom. The fourth-order valence-electron chi connectivity index (χ4n) is 2.40. The number of nitrogens with zero attached hydrogens (tertiary/aromatic N) is 2. The van der Waals surface area contributed by atoms with Gasteiger partial charge in [0.15, 0.2) is 0 Å². The normalized spacial score (nSPS) is 11.6. The molecular weight excluding hydrogens is 314 g/mol. The van der Waals surface area contributed by atoms with E-state index in [4.69, 9.17) is 10.00 Å². The fourth-order valence-corrected chi connectivity index (χ4v) is 2.40. The van der Waals surface area contributed by atoms with Gasteiger partial charge in [-0.15, -0.1) is 0 Å². The minimum Gasteiger partial charge on any atom is -0.494 e. The number of anilines is 1. The van der Waals surface area contributed by atoms with Crippen molar-refractivity contribution < 1.29 is 9.53 Å². The minimum absolute atomic E-state index is 0.108. The summed E-state index contributed by atoms with van der Waals surface area (Å²) in [5.74, 6) is 0.737. The van der Waals surface area contributed by atoms with Gasteiger partial charge in [-0.05, 0) is 56.8 Å². The molecule has 1 N–H and O–H groups in total. The molecule has 1 atom stereocenters. The highest BCUT2D eigenvalue weighted by atomic mass is 16.5. The van der Waals surface area contributed by atoms with E-state index < -0.39 is 0 Å². The third kappa shape index (κ3) is 5.33. The van der Waals surface area contributed by atoms with Crippen molar-refractivity contribution in [3.05, 3.63) is 59.7 Å². The average molecular weight is 337 g/mol. The number of amides is 1. The Morgan fingerprint density at radius 1 is 1.28 bits per heavy atom. The second-order valence-corrected chi connectivity index (χ2v) is 5.85. The predicted octanol–water partition coefficient (Wildman–Crippen LogP) is 3.42. The van der Waals surface area contributed by atoms with E-state index in [1.807, 2.05) is 50.1 Å². The molecule has 0 aliphatic rings. The number of nitrogens with one attached hydrogen (secondary N) is 1. The van der Waals surface area contributed by atoms with Gasteiger partial charge in [0.2, 0.25) is 5.91 Å².